The second kappa shape index (κ2) is 18.1. The van der Waals surface area contributed by atoms with Crippen molar-refractivity contribution >= 4 is 32.6 Å². The SMILES string of the molecule is C1=CCC(c2cc(-c3ccccc3)cc(-c3c4ccccc4c(-c4cc(-c5ccccc5)cc(-c5ccccc5)c4)c4ccc(-c5ccc(-c6nc7ccccc7n6-c6ccccc6)cc5)cc34)c2)C=C1. The average Bonchev–Trinajstić information content (AvgIpc) is 3.85. The molecule has 71 heavy (non-hydrogen) atoms. The molecule has 1 atom stereocenters. The number of benzene rings is 11. The van der Waals surface area contributed by atoms with Crippen molar-refractivity contribution in [1.82, 2.24) is 9.55 Å². The van der Waals surface area contributed by atoms with Crippen LogP contribution in [0.4, 0.5) is 0 Å². The molecule has 0 spiro atoms. The molecular weight excluding hydrogens is 857 g/mol. The van der Waals surface area contributed by atoms with Crippen LogP contribution < -0.4 is 0 Å². The molecule has 2 nitrogen and oxygen atoms in total. The third-order valence-electron chi connectivity index (χ3n) is 14.3. The monoisotopic (exact) mass is 904 g/mol. The topological polar surface area (TPSA) is 17.8 Å². The number of nitrogens with zero attached hydrogens (tertiary/aromatic N) is 2. The minimum atomic E-state index is 0.278. The summed E-state index contributed by atoms with van der Waals surface area (Å²) in [5, 5.41) is 4.88. The Kier molecular flexibility index (Phi) is 10.7. The largest absolute Gasteiger partial charge is 0.292 e. The highest BCUT2D eigenvalue weighted by molar-refractivity contribution is 6.22. The van der Waals surface area contributed by atoms with E-state index < -0.39 is 0 Å². The van der Waals surface area contributed by atoms with Gasteiger partial charge in [0, 0.05) is 17.2 Å². The van der Waals surface area contributed by atoms with Crippen molar-refractivity contribution in [2.24, 2.45) is 0 Å². The van der Waals surface area contributed by atoms with E-state index in [2.05, 4.69) is 278 Å². The maximum atomic E-state index is 5.19. The Morgan fingerprint density at radius 3 is 1.42 bits per heavy atom. The molecule has 0 fully saturated rings. The Morgan fingerprint density at radius 1 is 0.338 bits per heavy atom. The van der Waals surface area contributed by atoms with Crippen LogP contribution >= 0.6 is 0 Å². The smallest absolute Gasteiger partial charge is 0.145 e. The van der Waals surface area contributed by atoms with E-state index in [-0.39, 0.29) is 5.92 Å². The number of aromatic nitrogens is 2. The van der Waals surface area contributed by atoms with E-state index in [0.29, 0.717) is 0 Å². The fraction of sp³-hybridized carbons (Fsp3) is 0.0290. The molecule has 0 aliphatic heterocycles. The Labute approximate surface area is 414 Å². The van der Waals surface area contributed by atoms with Gasteiger partial charge in [0.25, 0.3) is 0 Å². The number of para-hydroxylation sites is 3. The summed E-state index contributed by atoms with van der Waals surface area (Å²) in [5.41, 5.74) is 19.9. The Balaban J connectivity index is 1.06. The number of rotatable bonds is 9. The minimum Gasteiger partial charge on any atom is -0.292 e. The third kappa shape index (κ3) is 7.86. The summed E-state index contributed by atoms with van der Waals surface area (Å²) in [5.74, 6) is 1.20. The maximum absolute atomic E-state index is 5.19. The molecule has 0 N–H and O–H groups in total. The van der Waals surface area contributed by atoms with Gasteiger partial charge in [0.15, 0.2) is 0 Å². The normalized spacial score (nSPS) is 13.3. The van der Waals surface area contributed by atoms with Crippen LogP contribution in [-0.2, 0) is 0 Å². The zero-order valence-electron chi connectivity index (χ0n) is 39.2. The van der Waals surface area contributed by atoms with Crippen molar-refractivity contribution < 1.29 is 0 Å². The number of hydrogen-bond donors (Lipinski definition) is 0. The molecule has 1 unspecified atom stereocenters. The van der Waals surface area contributed by atoms with Crippen LogP contribution in [0.2, 0.25) is 0 Å². The van der Waals surface area contributed by atoms with Crippen molar-refractivity contribution in [3.05, 3.63) is 279 Å². The molecule has 334 valence electrons. The van der Waals surface area contributed by atoms with E-state index in [1.165, 1.54) is 82.7 Å². The van der Waals surface area contributed by atoms with E-state index in [4.69, 9.17) is 4.98 Å². The molecule has 0 saturated carbocycles. The van der Waals surface area contributed by atoms with E-state index in [1.54, 1.807) is 0 Å². The van der Waals surface area contributed by atoms with Gasteiger partial charge in [0.05, 0.1) is 11.0 Å². The molecular formula is C69H48N2. The highest BCUT2D eigenvalue weighted by atomic mass is 15.1. The van der Waals surface area contributed by atoms with E-state index in [9.17, 15) is 0 Å². The Bertz CT molecular complexity index is 3920. The molecule has 11 aromatic carbocycles. The summed E-state index contributed by atoms with van der Waals surface area (Å²) in [6.07, 6.45) is 9.99. The molecule has 0 saturated heterocycles. The molecule has 1 aliphatic carbocycles. The quantitative estimate of drug-likeness (QED) is 0.132. The van der Waals surface area contributed by atoms with Crippen molar-refractivity contribution in [2.45, 2.75) is 12.3 Å². The van der Waals surface area contributed by atoms with Crippen LogP contribution in [-0.4, -0.2) is 9.55 Å². The molecule has 13 rings (SSSR count). The number of imidazole rings is 1. The van der Waals surface area contributed by atoms with Gasteiger partial charge in [-0.2, -0.15) is 0 Å². The lowest BCUT2D eigenvalue weighted by atomic mass is 9.81. The van der Waals surface area contributed by atoms with Gasteiger partial charge in [0.1, 0.15) is 5.82 Å². The van der Waals surface area contributed by atoms with Crippen LogP contribution in [0.15, 0.2) is 273 Å². The predicted molar refractivity (Wildman–Crippen MR) is 300 cm³/mol. The lowest BCUT2D eigenvalue weighted by molar-refractivity contribution is 0.854. The minimum absolute atomic E-state index is 0.278. The zero-order chi connectivity index (χ0) is 47.1. The predicted octanol–water partition coefficient (Wildman–Crippen LogP) is 18.6. The van der Waals surface area contributed by atoms with E-state index in [0.717, 1.165) is 45.7 Å². The molecule has 0 bridgehead atoms. The van der Waals surface area contributed by atoms with Crippen molar-refractivity contribution in [2.75, 3.05) is 0 Å². The maximum Gasteiger partial charge on any atom is 0.145 e. The van der Waals surface area contributed by atoms with Gasteiger partial charge in [-0.15, -0.1) is 0 Å². The molecule has 2 heteroatoms. The van der Waals surface area contributed by atoms with Gasteiger partial charge in [0.2, 0.25) is 0 Å². The first-order chi connectivity index (χ1) is 35.2. The van der Waals surface area contributed by atoms with Gasteiger partial charge in [-0.1, -0.05) is 218 Å². The second-order valence-electron chi connectivity index (χ2n) is 18.6. The molecule has 1 aliphatic rings. The fourth-order valence-electron chi connectivity index (χ4n) is 10.9. The van der Waals surface area contributed by atoms with Gasteiger partial charge in [-0.3, -0.25) is 4.57 Å². The number of allylic oxidation sites excluding steroid dienone is 4. The lowest BCUT2D eigenvalue weighted by Crippen LogP contribution is -1.99. The zero-order valence-corrected chi connectivity index (χ0v) is 39.2. The van der Waals surface area contributed by atoms with Crippen molar-refractivity contribution in [3.8, 4) is 83.8 Å². The van der Waals surface area contributed by atoms with Gasteiger partial charge in [-0.05, 0) is 155 Å². The van der Waals surface area contributed by atoms with Crippen molar-refractivity contribution in [3.63, 3.8) is 0 Å². The van der Waals surface area contributed by atoms with Gasteiger partial charge < -0.3 is 0 Å². The van der Waals surface area contributed by atoms with Gasteiger partial charge >= 0.3 is 0 Å². The summed E-state index contributed by atoms with van der Waals surface area (Å²) >= 11 is 0. The highest BCUT2D eigenvalue weighted by Crippen LogP contribution is 2.48. The molecule has 0 radical (unpaired) electrons. The van der Waals surface area contributed by atoms with E-state index in [1.807, 2.05) is 0 Å². The second-order valence-corrected chi connectivity index (χ2v) is 18.6. The summed E-state index contributed by atoms with van der Waals surface area (Å²) in [6, 6.07) is 91.1. The van der Waals surface area contributed by atoms with E-state index >= 15 is 0 Å². The average molecular weight is 905 g/mol. The summed E-state index contributed by atoms with van der Waals surface area (Å²) in [4.78, 5) is 5.19. The van der Waals surface area contributed by atoms with Crippen LogP contribution in [0.25, 0.3) is 116 Å². The first-order valence-electron chi connectivity index (χ1n) is 24.6. The standard InChI is InChI=1S/C69H48N2/c1-6-20-47(21-7-1)54-40-55(48-22-8-2-9-23-48)43-58(42-54)67-61-30-16-17-31-62(61)68(59-44-56(49-24-10-3-11-25-49)41-57(45-59)50-26-12-4-13-27-50)64-46-53(38-39-63(64)67)51-34-36-52(37-35-51)69-70-65-32-18-19-33-66(65)71(69)60-28-14-5-15-29-60/h1-26,28-46,50H,27H2. The molecule has 1 heterocycles. The summed E-state index contributed by atoms with van der Waals surface area (Å²) in [6.45, 7) is 0. The van der Waals surface area contributed by atoms with Crippen LogP contribution in [0.5, 0.6) is 0 Å². The summed E-state index contributed by atoms with van der Waals surface area (Å²) in [7, 11) is 0. The Morgan fingerprint density at radius 2 is 0.803 bits per heavy atom. The van der Waals surface area contributed by atoms with Crippen LogP contribution in [0, 0.1) is 0 Å². The molecule has 1 aromatic heterocycles. The third-order valence-corrected chi connectivity index (χ3v) is 14.3. The number of hydrogen-bond acceptors (Lipinski definition) is 1. The van der Waals surface area contributed by atoms with Crippen LogP contribution in [0.3, 0.4) is 0 Å². The lowest BCUT2D eigenvalue weighted by Gasteiger charge is -2.22. The first-order valence-corrected chi connectivity index (χ1v) is 24.6. The van der Waals surface area contributed by atoms with Crippen LogP contribution in [0.1, 0.15) is 17.9 Å². The number of fused-ring (bicyclic) bond motifs is 3. The van der Waals surface area contributed by atoms with Gasteiger partial charge in [-0.25, -0.2) is 4.98 Å². The summed E-state index contributed by atoms with van der Waals surface area (Å²) < 4.78 is 2.27. The first kappa shape index (κ1) is 42.0. The highest BCUT2D eigenvalue weighted by Gasteiger charge is 2.22. The molecule has 12 aromatic rings. The fourth-order valence-corrected chi connectivity index (χ4v) is 10.9. The Hall–Kier alpha value is -9.11. The molecule has 0 amide bonds. The van der Waals surface area contributed by atoms with Crippen molar-refractivity contribution in [1.29, 1.82) is 0 Å².